The van der Waals surface area contributed by atoms with Crippen molar-refractivity contribution in [3.05, 3.63) is 68.7 Å². The number of rotatable bonds is 5. The Labute approximate surface area is 156 Å². The summed E-state index contributed by atoms with van der Waals surface area (Å²) in [5.41, 5.74) is 2.89. The van der Waals surface area contributed by atoms with Crippen molar-refractivity contribution in [3.63, 3.8) is 0 Å². The average molecular weight is 374 g/mol. The van der Waals surface area contributed by atoms with Crippen molar-refractivity contribution in [2.75, 3.05) is 18.9 Å². The number of nitro groups is 1. The van der Waals surface area contributed by atoms with E-state index < -0.39 is 4.92 Å². The summed E-state index contributed by atoms with van der Waals surface area (Å²) in [6, 6.07) is 12.6. The summed E-state index contributed by atoms with van der Waals surface area (Å²) in [6.07, 6.45) is 3.19. The molecule has 3 rings (SSSR count). The van der Waals surface area contributed by atoms with Crippen molar-refractivity contribution in [2.45, 2.75) is 25.3 Å². The van der Waals surface area contributed by atoms with Crippen molar-refractivity contribution in [3.8, 4) is 0 Å². The third-order valence-electron chi connectivity index (χ3n) is 4.70. The number of likely N-dealkylation sites (N-methyl/N-ethyl adjacent to an activating group) is 1. The lowest BCUT2D eigenvalue weighted by molar-refractivity contribution is -0.384. The molecule has 26 heavy (non-hydrogen) atoms. The number of aryl methyl sites for hydroxylation is 1. The number of carbonyl (C=O) groups is 1. The van der Waals surface area contributed by atoms with E-state index in [1.54, 1.807) is 0 Å². The fourth-order valence-electron chi connectivity index (χ4n) is 3.43. The number of halogens is 1. The first kappa shape index (κ1) is 18.4. The van der Waals surface area contributed by atoms with E-state index in [2.05, 4.69) is 17.4 Å². The maximum absolute atomic E-state index is 12.4. The normalized spacial score (nSPS) is 16.2. The molecule has 0 spiro atoms. The van der Waals surface area contributed by atoms with Crippen molar-refractivity contribution in [1.29, 1.82) is 0 Å². The smallest absolute Gasteiger partial charge is 0.271 e. The number of hydrogen-bond donors (Lipinski definition) is 1. The van der Waals surface area contributed by atoms with Gasteiger partial charge in [-0.15, -0.1) is 0 Å². The van der Waals surface area contributed by atoms with Gasteiger partial charge >= 0.3 is 0 Å². The monoisotopic (exact) mass is 373 g/mol. The summed E-state index contributed by atoms with van der Waals surface area (Å²) in [5, 5.41) is 13.6. The van der Waals surface area contributed by atoms with Crippen LogP contribution in [0.4, 0.5) is 11.4 Å². The molecule has 0 radical (unpaired) electrons. The third kappa shape index (κ3) is 4.03. The van der Waals surface area contributed by atoms with E-state index in [4.69, 9.17) is 11.6 Å². The second-order valence-electron chi connectivity index (χ2n) is 6.49. The van der Waals surface area contributed by atoms with E-state index in [-0.39, 0.29) is 29.2 Å². The number of benzene rings is 2. The summed E-state index contributed by atoms with van der Waals surface area (Å²) < 4.78 is 0. The number of non-ortho nitro benzene ring substituents is 1. The Balaban J connectivity index is 1.66. The Morgan fingerprint density at radius 2 is 2.12 bits per heavy atom. The van der Waals surface area contributed by atoms with Gasteiger partial charge in [0.2, 0.25) is 5.91 Å². The molecule has 2 aromatic rings. The molecule has 136 valence electrons. The van der Waals surface area contributed by atoms with Gasteiger partial charge in [-0.3, -0.25) is 19.8 Å². The zero-order valence-electron chi connectivity index (χ0n) is 14.4. The number of carbonyl (C=O) groups excluding carboxylic acids is 1. The van der Waals surface area contributed by atoms with Crippen LogP contribution in [0.15, 0.2) is 42.5 Å². The molecule has 2 aromatic carbocycles. The lowest BCUT2D eigenvalue weighted by Crippen LogP contribution is -2.34. The Morgan fingerprint density at radius 1 is 1.35 bits per heavy atom. The van der Waals surface area contributed by atoms with E-state index in [1.165, 1.54) is 29.3 Å². The van der Waals surface area contributed by atoms with Crippen molar-refractivity contribution in [2.24, 2.45) is 0 Å². The summed E-state index contributed by atoms with van der Waals surface area (Å²) in [7, 11) is 1.93. The van der Waals surface area contributed by atoms with Gasteiger partial charge in [0.15, 0.2) is 0 Å². The number of nitro benzene ring substituents is 1. The number of anilines is 1. The second kappa shape index (κ2) is 7.85. The standard InChI is InChI=1S/C19H20ClN3O3/c1-22(18-8-4-6-13-5-2-3-7-15(13)18)12-19(24)21-17-10-9-14(23(25)26)11-16(17)20/h2-3,5,7,9-11,18H,4,6,8,12H2,1H3,(H,21,24). The maximum atomic E-state index is 12.4. The van der Waals surface area contributed by atoms with Gasteiger partial charge in [-0.05, 0) is 43.5 Å². The highest BCUT2D eigenvalue weighted by Gasteiger charge is 2.24. The molecule has 1 aliphatic carbocycles. The highest BCUT2D eigenvalue weighted by Crippen LogP contribution is 2.33. The second-order valence-corrected chi connectivity index (χ2v) is 6.90. The van der Waals surface area contributed by atoms with Gasteiger partial charge in [-0.1, -0.05) is 35.9 Å². The fraction of sp³-hybridized carbons (Fsp3) is 0.316. The molecule has 6 nitrogen and oxygen atoms in total. The van der Waals surface area contributed by atoms with Crippen LogP contribution in [0.1, 0.15) is 30.0 Å². The number of hydrogen-bond acceptors (Lipinski definition) is 4. The van der Waals surface area contributed by atoms with Crippen LogP contribution in [-0.4, -0.2) is 29.3 Å². The molecule has 1 aliphatic rings. The van der Waals surface area contributed by atoms with Gasteiger partial charge in [0, 0.05) is 18.2 Å². The van der Waals surface area contributed by atoms with Gasteiger partial charge in [0.05, 0.1) is 22.2 Å². The van der Waals surface area contributed by atoms with Crippen LogP contribution in [0.3, 0.4) is 0 Å². The lowest BCUT2D eigenvalue weighted by atomic mass is 9.87. The van der Waals surface area contributed by atoms with Gasteiger partial charge in [0.1, 0.15) is 0 Å². The zero-order valence-corrected chi connectivity index (χ0v) is 15.2. The summed E-state index contributed by atoms with van der Waals surface area (Å²) >= 11 is 6.04. The molecule has 0 aliphatic heterocycles. The van der Waals surface area contributed by atoms with Crippen molar-refractivity contribution in [1.82, 2.24) is 4.90 Å². The molecular weight excluding hydrogens is 354 g/mol. The van der Waals surface area contributed by atoms with Crippen LogP contribution >= 0.6 is 11.6 Å². The van der Waals surface area contributed by atoms with E-state index in [1.807, 2.05) is 24.1 Å². The Bertz CT molecular complexity index is 841. The number of amides is 1. The third-order valence-corrected chi connectivity index (χ3v) is 5.01. The van der Waals surface area contributed by atoms with Gasteiger partial charge in [-0.25, -0.2) is 0 Å². The molecule has 0 saturated carbocycles. The zero-order chi connectivity index (χ0) is 18.7. The van der Waals surface area contributed by atoms with E-state index in [9.17, 15) is 14.9 Å². The van der Waals surface area contributed by atoms with Crippen LogP contribution in [-0.2, 0) is 11.2 Å². The van der Waals surface area contributed by atoms with Crippen LogP contribution in [0.2, 0.25) is 5.02 Å². The molecular formula is C19H20ClN3O3. The largest absolute Gasteiger partial charge is 0.324 e. The molecule has 1 unspecified atom stereocenters. The first-order chi connectivity index (χ1) is 12.5. The van der Waals surface area contributed by atoms with Crippen LogP contribution in [0.25, 0.3) is 0 Å². The summed E-state index contributed by atoms with van der Waals surface area (Å²) in [5.74, 6) is -0.202. The quantitative estimate of drug-likeness (QED) is 0.629. The van der Waals surface area contributed by atoms with E-state index >= 15 is 0 Å². The Hall–Kier alpha value is -2.44. The first-order valence-corrected chi connectivity index (χ1v) is 8.85. The lowest BCUT2D eigenvalue weighted by Gasteiger charge is -2.32. The van der Waals surface area contributed by atoms with Crippen molar-refractivity contribution < 1.29 is 9.72 Å². The molecule has 0 fully saturated rings. The predicted molar refractivity (Wildman–Crippen MR) is 101 cm³/mol. The number of nitrogens with one attached hydrogen (secondary N) is 1. The molecule has 0 heterocycles. The highest BCUT2D eigenvalue weighted by atomic mass is 35.5. The van der Waals surface area contributed by atoms with E-state index in [0.29, 0.717) is 5.69 Å². The number of nitrogens with zero attached hydrogens (tertiary/aromatic N) is 2. The fourth-order valence-corrected chi connectivity index (χ4v) is 3.65. The molecule has 1 amide bonds. The minimum absolute atomic E-state index is 0.107. The molecule has 0 aromatic heterocycles. The van der Waals surface area contributed by atoms with Gasteiger partial charge in [0.25, 0.3) is 5.69 Å². The topological polar surface area (TPSA) is 75.5 Å². The minimum Gasteiger partial charge on any atom is -0.324 e. The van der Waals surface area contributed by atoms with E-state index in [0.717, 1.165) is 19.3 Å². The summed E-state index contributed by atoms with van der Waals surface area (Å²) in [4.78, 5) is 24.7. The highest BCUT2D eigenvalue weighted by molar-refractivity contribution is 6.34. The Morgan fingerprint density at radius 3 is 2.85 bits per heavy atom. The van der Waals surface area contributed by atoms with Gasteiger partial charge in [-0.2, -0.15) is 0 Å². The molecule has 0 saturated heterocycles. The molecule has 0 bridgehead atoms. The van der Waals surface area contributed by atoms with Crippen molar-refractivity contribution >= 4 is 28.9 Å². The molecule has 7 heteroatoms. The van der Waals surface area contributed by atoms with Crippen LogP contribution < -0.4 is 5.32 Å². The number of fused-ring (bicyclic) bond motifs is 1. The predicted octanol–water partition coefficient (Wildman–Crippen LogP) is 4.20. The Kier molecular flexibility index (Phi) is 5.54. The first-order valence-electron chi connectivity index (χ1n) is 8.47. The summed E-state index contributed by atoms with van der Waals surface area (Å²) in [6.45, 7) is 0.215. The van der Waals surface area contributed by atoms with Gasteiger partial charge < -0.3 is 5.32 Å². The molecule has 1 atom stereocenters. The SMILES string of the molecule is CN(CC(=O)Nc1ccc([N+](=O)[O-])cc1Cl)C1CCCc2ccccc21. The molecule has 1 N–H and O–H groups in total. The minimum atomic E-state index is -0.522. The maximum Gasteiger partial charge on any atom is 0.271 e. The van der Waals surface area contributed by atoms with Crippen LogP contribution in [0, 0.1) is 10.1 Å². The van der Waals surface area contributed by atoms with Crippen LogP contribution in [0.5, 0.6) is 0 Å². The average Bonchev–Trinajstić information content (AvgIpc) is 2.62.